The Hall–Kier alpha value is -0.790. The Labute approximate surface area is 111 Å². The number of nitrogens with one attached hydrogen (secondary N) is 1. The topological polar surface area (TPSA) is 55.6 Å². The van der Waals surface area contributed by atoms with E-state index >= 15 is 0 Å². The Morgan fingerprint density at radius 1 is 1.53 bits per heavy atom. The molecule has 0 unspecified atom stereocenters. The van der Waals surface area contributed by atoms with Crippen LogP contribution in [0.1, 0.15) is 23.5 Å². The average molecular weight is 314 g/mol. The largest absolute Gasteiger partial charge is 0.307 e. The molecule has 0 aromatic carbocycles. The Bertz CT molecular complexity index is 504. The van der Waals surface area contributed by atoms with E-state index in [1.54, 1.807) is 11.3 Å². The third kappa shape index (κ3) is 2.91. The third-order valence-corrected chi connectivity index (χ3v) is 4.34. The smallest absolute Gasteiger partial charge is 0.165 e. The van der Waals surface area contributed by atoms with Crippen LogP contribution < -0.4 is 5.32 Å². The van der Waals surface area contributed by atoms with Crippen LogP contribution in [0.5, 0.6) is 0 Å². The SMILES string of the molecule is Brc1csc(Cn2nnnc2CNC2CC2)c1. The highest BCUT2D eigenvalue weighted by Gasteiger charge is 2.21. The van der Waals surface area contributed by atoms with E-state index in [4.69, 9.17) is 0 Å². The maximum absolute atomic E-state index is 4.05. The van der Waals surface area contributed by atoms with Crippen LogP contribution in [-0.2, 0) is 13.1 Å². The number of hydrogen-bond donors (Lipinski definition) is 1. The highest BCUT2D eigenvalue weighted by molar-refractivity contribution is 9.10. The van der Waals surface area contributed by atoms with Gasteiger partial charge in [0.05, 0.1) is 13.1 Å². The fourth-order valence-electron chi connectivity index (χ4n) is 1.58. The van der Waals surface area contributed by atoms with E-state index in [-0.39, 0.29) is 0 Å². The summed E-state index contributed by atoms with van der Waals surface area (Å²) in [4.78, 5) is 1.25. The zero-order valence-electron chi connectivity index (χ0n) is 9.14. The maximum atomic E-state index is 4.05. The van der Waals surface area contributed by atoms with Crippen molar-refractivity contribution in [1.82, 2.24) is 25.5 Å². The molecule has 0 saturated heterocycles. The van der Waals surface area contributed by atoms with E-state index in [2.05, 4.69) is 48.2 Å². The number of tetrazole rings is 1. The standard InChI is InChI=1S/C10H12BrN5S/c11-7-3-9(17-6-7)5-16-10(13-14-15-16)4-12-8-1-2-8/h3,6,8,12H,1-2,4-5H2. The molecule has 0 radical (unpaired) electrons. The summed E-state index contributed by atoms with van der Waals surface area (Å²) in [5, 5.41) is 17.3. The average Bonchev–Trinajstić information content (AvgIpc) is 2.90. The van der Waals surface area contributed by atoms with E-state index in [9.17, 15) is 0 Å². The molecule has 90 valence electrons. The van der Waals surface area contributed by atoms with Crippen molar-refractivity contribution in [3.05, 3.63) is 26.6 Å². The summed E-state index contributed by atoms with van der Waals surface area (Å²) in [5.41, 5.74) is 0. The van der Waals surface area contributed by atoms with Crippen molar-refractivity contribution in [2.75, 3.05) is 0 Å². The first-order chi connectivity index (χ1) is 8.31. The van der Waals surface area contributed by atoms with Crippen LogP contribution in [0.25, 0.3) is 0 Å². The highest BCUT2D eigenvalue weighted by atomic mass is 79.9. The van der Waals surface area contributed by atoms with Crippen LogP contribution in [0, 0.1) is 0 Å². The summed E-state index contributed by atoms with van der Waals surface area (Å²) >= 11 is 5.16. The number of rotatable bonds is 5. The van der Waals surface area contributed by atoms with Crippen molar-refractivity contribution in [1.29, 1.82) is 0 Å². The first kappa shape index (κ1) is 11.3. The summed E-state index contributed by atoms with van der Waals surface area (Å²) in [6, 6.07) is 2.78. The number of halogens is 1. The van der Waals surface area contributed by atoms with Gasteiger partial charge >= 0.3 is 0 Å². The lowest BCUT2D eigenvalue weighted by atomic mass is 10.4. The Morgan fingerprint density at radius 2 is 2.41 bits per heavy atom. The van der Waals surface area contributed by atoms with Crippen molar-refractivity contribution in [2.24, 2.45) is 0 Å². The van der Waals surface area contributed by atoms with Gasteiger partial charge in [0, 0.05) is 20.8 Å². The van der Waals surface area contributed by atoms with E-state index in [1.165, 1.54) is 17.7 Å². The molecule has 1 saturated carbocycles. The molecule has 0 atom stereocenters. The Kier molecular flexibility index (Phi) is 3.21. The second-order valence-electron chi connectivity index (χ2n) is 4.14. The van der Waals surface area contributed by atoms with Gasteiger partial charge in [0.15, 0.2) is 5.82 Å². The molecule has 1 N–H and O–H groups in total. The van der Waals surface area contributed by atoms with Gasteiger partial charge in [-0.1, -0.05) is 0 Å². The van der Waals surface area contributed by atoms with E-state index < -0.39 is 0 Å². The molecule has 2 aromatic rings. The van der Waals surface area contributed by atoms with Crippen LogP contribution in [0.4, 0.5) is 0 Å². The molecule has 0 amide bonds. The lowest BCUT2D eigenvalue weighted by Gasteiger charge is -2.03. The molecule has 2 aromatic heterocycles. The fraction of sp³-hybridized carbons (Fsp3) is 0.500. The minimum absolute atomic E-state index is 0.677. The van der Waals surface area contributed by atoms with E-state index in [1.807, 2.05) is 4.68 Å². The molecule has 7 heteroatoms. The molecule has 0 aliphatic heterocycles. The van der Waals surface area contributed by atoms with Crippen molar-refractivity contribution in [2.45, 2.75) is 32.0 Å². The van der Waals surface area contributed by atoms with Gasteiger partial charge < -0.3 is 5.32 Å². The predicted molar refractivity (Wildman–Crippen MR) is 68.8 cm³/mol. The van der Waals surface area contributed by atoms with Crippen molar-refractivity contribution < 1.29 is 0 Å². The van der Waals surface area contributed by atoms with Gasteiger partial charge in [-0.15, -0.1) is 16.4 Å². The van der Waals surface area contributed by atoms with Crippen LogP contribution >= 0.6 is 27.3 Å². The summed E-state index contributed by atoms with van der Waals surface area (Å²) in [6.07, 6.45) is 2.55. The third-order valence-electron chi connectivity index (χ3n) is 2.66. The van der Waals surface area contributed by atoms with Crippen LogP contribution in [-0.4, -0.2) is 26.2 Å². The quantitative estimate of drug-likeness (QED) is 0.914. The van der Waals surface area contributed by atoms with Gasteiger partial charge in [-0.05, 0) is 45.3 Å². The summed E-state index contributed by atoms with van der Waals surface area (Å²) in [6.45, 7) is 1.50. The van der Waals surface area contributed by atoms with Crippen LogP contribution in [0.15, 0.2) is 15.9 Å². The van der Waals surface area contributed by atoms with Gasteiger partial charge in [-0.25, -0.2) is 4.68 Å². The lowest BCUT2D eigenvalue weighted by Crippen LogP contribution is -2.19. The lowest BCUT2D eigenvalue weighted by molar-refractivity contribution is 0.581. The Morgan fingerprint density at radius 3 is 3.12 bits per heavy atom. The highest BCUT2D eigenvalue weighted by Crippen LogP contribution is 2.21. The molecule has 0 spiro atoms. The minimum atomic E-state index is 0.677. The first-order valence-electron chi connectivity index (χ1n) is 5.52. The number of thiophene rings is 1. The zero-order chi connectivity index (χ0) is 11.7. The number of aromatic nitrogens is 4. The molecule has 0 bridgehead atoms. The second kappa shape index (κ2) is 4.83. The molecule has 1 aliphatic rings. The van der Waals surface area contributed by atoms with E-state index in [0.29, 0.717) is 6.04 Å². The Balaban J connectivity index is 1.67. The number of nitrogens with zero attached hydrogens (tertiary/aromatic N) is 4. The van der Waals surface area contributed by atoms with Crippen LogP contribution in [0.3, 0.4) is 0 Å². The van der Waals surface area contributed by atoms with Crippen molar-refractivity contribution in [3.8, 4) is 0 Å². The predicted octanol–water partition coefficient (Wildman–Crippen LogP) is 1.80. The summed E-state index contributed by atoms with van der Waals surface area (Å²) < 4.78 is 2.97. The zero-order valence-corrected chi connectivity index (χ0v) is 11.5. The monoisotopic (exact) mass is 313 g/mol. The van der Waals surface area contributed by atoms with Crippen LogP contribution in [0.2, 0.25) is 0 Å². The van der Waals surface area contributed by atoms with Gasteiger partial charge in [0.1, 0.15) is 0 Å². The van der Waals surface area contributed by atoms with Crippen molar-refractivity contribution in [3.63, 3.8) is 0 Å². The molecule has 2 heterocycles. The molecule has 17 heavy (non-hydrogen) atoms. The fourth-order valence-corrected chi connectivity index (χ4v) is 3.01. The minimum Gasteiger partial charge on any atom is -0.307 e. The normalized spacial score (nSPS) is 15.4. The van der Waals surface area contributed by atoms with Gasteiger partial charge in [-0.3, -0.25) is 0 Å². The maximum Gasteiger partial charge on any atom is 0.165 e. The van der Waals surface area contributed by atoms with Gasteiger partial charge in [0.25, 0.3) is 0 Å². The summed E-state index contributed by atoms with van der Waals surface area (Å²) in [7, 11) is 0. The van der Waals surface area contributed by atoms with E-state index in [0.717, 1.165) is 23.4 Å². The number of hydrogen-bond acceptors (Lipinski definition) is 5. The molecule has 5 nitrogen and oxygen atoms in total. The molecule has 1 fully saturated rings. The summed E-state index contributed by atoms with van der Waals surface area (Å²) in [5.74, 6) is 0.904. The molecule has 1 aliphatic carbocycles. The van der Waals surface area contributed by atoms with Gasteiger partial charge in [0.2, 0.25) is 0 Å². The second-order valence-corrected chi connectivity index (χ2v) is 6.05. The molecular weight excluding hydrogens is 302 g/mol. The van der Waals surface area contributed by atoms with Gasteiger partial charge in [-0.2, -0.15) is 0 Å². The molecular formula is C10H12BrN5S. The van der Waals surface area contributed by atoms with Crippen molar-refractivity contribution >= 4 is 27.3 Å². The molecule has 3 rings (SSSR count). The first-order valence-corrected chi connectivity index (χ1v) is 7.20.